The number of hydrogen-bond acceptors (Lipinski definition) is 6. The van der Waals surface area contributed by atoms with Crippen molar-refractivity contribution in [3.8, 4) is 5.75 Å². The second kappa shape index (κ2) is 11.8. The number of nitrogens with one attached hydrogen (secondary N) is 1. The minimum absolute atomic E-state index is 0.00489. The highest BCUT2D eigenvalue weighted by molar-refractivity contribution is 7.87. The highest BCUT2D eigenvalue weighted by Gasteiger charge is 2.50. The molecule has 1 saturated carbocycles. The Morgan fingerprint density at radius 1 is 1.00 bits per heavy atom. The Morgan fingerprint density at radius 2 is 1.69 bits per heavy atom. The molecule has 3 unspecified atom stereocenters. The van der Waals surface area contributed by atoms with E-state index in [1.807, 2.05) is 32.7 Å². The Kier molecular flexibility index (Phi) is 7.71. The van der Waals surface area contributed by atoms with Gasteiger partial charge in [0.2, 0.25) is 5.91 Å². The molecule has 49 heavy (non-hydrogen) atoms. The highest BCUT2D eigenvalue weighted by atomic mass is 32.2. The van der Waals surface area contributed by atoms with Gasteiger partial charge in [-0.3, -0.25) is 9.59 Å². The molecule has 13 heteroatoms. The molecule has 2 aromatic rings. The van der Waals surface area contributed by atoms with E-state index in [2.05, 4.69) is 16.7 Å². The Labute approximate surface area is 286 Å². The Balaban J connectivity index is 1.21. The van der Waals surface area contributed by atoms with E-state index in [9.17, 15) is 22.8 Å². The quantitative estimate of drug-likeness (QED) is 0.493. The number of allylic oxidation sites excluding steroid dienone is 4. The van der Waals surface area contributed by atoms with E-state index < -0.39 is 22.0 Å². The zero-order valence-corrected chi connectivity index (χ0v) is 29.1. The van der Waals surface area contributed by atoms with Gasteiger partial charge in [-0.1, -0.05) is 37.5 Å². The van der Waals surface area contributed by atoms with Gasteiger partial charge >= 0.3 is 6.03 Å². The number of fused-ring (bicyclic) bond motifs is 7. The number of aromatic nitrogens is 1. The maximum absolute atomic E-state index is 14.7. The van der Waals surface area contributed by atoms with E-state index in [4.69, 9.17) is 9.88 Å². The maximum Gasteiger partial charge on any atom is 0.319 e. The number of nitrogens with zero attached hydrogens (tertiary/aromatic N) is 4. The summed E-state index contributed by atoms with van der Waals surface area (Å²) in [5.74, 6) is 0.181. The van der Waals surface area contributed by atoms with Crippen LogP contribution in [0.25, 0.3) is 10.9 Å². The third-order valence-electron chi connectivity index (χ3n) is 11.7. The van der Waals surface area contributed by atoms with Crippen molar-refractivity contribution in [1.82, 2.24) is 24.0 Å². The first-order valence-corrected chi connectivity index (χ1v) is 18.9. The standard InChI is InChI=1S/C36H44N6O6S/c1-39(2)36(45)41-17-21-15-40(16-22(21)18-41)35(44)25-11-7-10-24-30(25)28-14-26-29(48-3)13-12-23(20-8-5-4-6-9-20)33(26)42(28)19-27-31(24)32(27)34(43)38-49(37,46)47/h7,10,12-14,20-22,25,30H,4-6,8-9,11,15-19H2,1-3H3,(H,38,43)(H2,37,46,47)/t21?,22?,25-,30?/m1/s1. The van der Waals surface area contributed by atoms with Crippen LogP contribution in [0.2, 0.25) is 0 Å². The van der Waals surface area contributed by atoms with Crippen molar-refractivity contribution in [3.05, 3.63) is 63.9 Å². The van der Waals surface area contributed by atoms with Crippen molar-refractivity contribution >= 4 is 39.0 Å². The van der Waals surface area contributed by atoms with Crippen molar-refractivity contribution < 1.29 is 27.5 Å². The lowest BCUT2D eigenvalue weighted by Crippen LogP contribution is -2.42. The van der Waals surface area contributed by atoms with Gasteiger partial charge < -0.3 is 24.0 Å². The number of hydrogen-bond donors (Lipinski definition) is 2. The van der Waals surface area contributed by atoms with Gasteiger partial charge in [-0.05, 0) is 59.6 Å². The molecule has 0 spiro atoms. The smallest absolute Gasteiger partial charge is 0.319 e. The predicted octanol–water partition coefficient (Wildman–Crippen LogP) is 3.37. The molecule has 3 N–H and O–H groups in total. The average molecular weight is 689 g/mol. The molecule has 3 aliphatic carbocycles. The second-order valence-corrected chi connectivity index (χ2v) is 16.1. The van der Waals surface area contributed by atoms with Crippen LogP contribution in [0.4, 0.5) is 4.79 Å². The largest absolute Gasteiger partial charge is 0.496 e. The number of methoxy groups -OCH3 is 1. The van der Waals surface area contributed by atoms with Crippen LogP contribution in [0.15, 0.2) is 52.6 Å². The van der Waals surface area contributed by atoms with Crippen LogP contribution in [-0.2, 0) is 26.3 Å². The van der Waals surface area contributed by atoms with E-state index in [1.54, 1.807) is 26.1 Å². The fourth-order valence-electron chi connectivity index (χ4n) is 9.54. The molecular formula is C36H44N6O6S. The third-order valence-corrected chi connectivity index (χ3v) is 12.2. The molecule has 1 aromatic heterocycles. The van der Waals surface area contributed by atoms with Gasteiger partial charge in [0.05, 0.1) is 24.1 Å². The topological polar surface area (TPSA) is 147 Å². The van der Waals surface area contributed by atoms with Crippen molar-refractivity contribution in [2.45, 2.75) is 56.9 Å². The van der Waals surface area contributed by atoms with Crippen LogP contribution in [0, 0.1) is 17.8 Å². The summed E-state index contributed by atoms with van der Waals surface area (Å²) in [6.07, 6.45) is 10.3. The predicted molar refractivity (Wildman–Crippen MR) is 184 cm³/mol. The molecular weight excluding hydrogens is 644 g/mol. The SMILES string of the molecule is COc1ccc(C2CCCCC2)c2c1cc1n2CC2=C(C(=O)NS(N)(=O)=O)C2=C2C=CC[C@@H](C(=O)N3CC4CN(C(=O)N(C)C)CC4C3)C21. The average Bonchev–Trinajstić information content (AvgIpc) is 3.27. The number of carbonyl (C=O) groups excluding carboxylic acids is 3. The van der Waals surface area contributed by atoms with Crippen molar-refractivity contribution in [2.24, 2.45) is 22.9 Å². The number of nitrogens with two attached hydrogens (primary N) is 1. The highest BCUT2D eigenvalue weighted by Crippen LogP contribution is 2.55. The zero-order valence-electron chi connectivity index (χ0n) is 28.3. The minimum atomic E-state index is -4.27. The first-order chi connectivity index (χ1) is 23.4. The minimum Gasteiger partial charge on any atom is -0.496 e. The van der Waals surface area contributed by atoms with Crippen LogP contribution in [-0.4, -0.2) is 92.9 Å². The van der Waals surface area contributed by atoms with E-state index in [-0.39, 0.29) is 29.7 Å². The van der Waals surface area contributed by atoms with Gasteiger partial charge in [-0.25, -0.2) is 14.7 Å². The van der Waals surface area contributed by atoms with Crippen molar-refractivity contribution in [2.75, 3.05) is 47.4 Å². The summed E-state index contributed by atoms with van der Waals surface area (Å²) < 4.78 is 34.0. The van der Waals surface area contributed by atoms with Crippen LogP contribution in [0.3, 0.4) is 0 Å². The van der Waals surface area contributed by atoms with Gasteiger partial charge in [0.25, 0.3) is 16.1 Å². The fourth-order valence-corrected chi connectivity index (χ4v) is 9.90. The summed E-state index contributed by atoms with van der Waals surface area (Å²) in [4.78, 5) is 46.1. The number of benzene rings is 1. The van der Waals surface area contributed by atoms with E-state index in [0.29, 0.717) is 50.6 Å². The monoisotopic (exact) mass is 688 g/mol. The molecule has 0 bridgehead atoms. The van der Waals surface area contributed by atoms with Gasteiger partial charge in [0, 0.05) is 75.7 Å². The van der Waals surface area contributed by atoms with Crippen molar-refractivity contribution in [3.63, 3.8) is 0 Å². The summed E-state index contributed by atoms with van der Waals surface area (Å²) in [7, 11) is 0.933. The summed E-state index contributed by atoms with van der Waals surface area (Å²) in [6, 6.07) is 6.42. The van der Waals surface area contributed by atoms with Gasteiger partial charge in [0.1, 0.15) is 5.75 Å². The normalized spacial score (nSPS) is 26.3. The summed E-state index contributed by atoms with van der Waals surface area (Å²) in [6.45, 7) is 2.87. The summed E-state index contributed by atoms with van der Waals surface area (Å²) >= 11 is 0. The second-order valence-electron chi connectivity index (χ2n) is 14.8. The lowest BCUT2D eigenvalue weighted by molar-refractivity contribution is -0.135. The molecule has 12 nitrogen and oxygen atoms in total. The number of likely N-dealkylation sites (tertiary alicyclic amines) is 2. The first-order valence-electron chi connectivity index (χ1n) is 17.4. The van der Waals surface area contributed by atoms with Gasteiger partial charge in [-0.15, -0.1) is 0 Å². The van der Waals surface area contributed by atoms with Crippen LogP contribution in [0.1, 0.15) is 61.6 Å². The molecule has 4 amide bonds. The number of ether oxygens (including phenoxy) is 1. The van der Waals surface area contributed by atoms with Crippen molar-refractivity contribution in [1.29, 1.82) is 0 Å². The Bertz CT molecular complexity index is 1970. The van der Waals surface area contributed by atoms with E-state index >= 15 is 0 Å². The number of carbonyl (C=O) groups is 3. The molecule has 8 rings (SSSR count). The zero-order chi connectivity index (χ0) is 34.4. The molecule has 3 fully saturated rings. The molecule has 260 valence electrons. The summed E-state index contributed by atoms with van der Waals surface area (Å²) in [5.41, 5.74) is 6.03. The number of amides is 4. The molecule has 0 radical (unpaired) electrons. The molecule has 3 aliphatic heterocycles. The third kappa shape index (κ3) is 5.36. The maximum atomic E-state index is 14.7. The van der Waals surface area contributed by atoms with E-state index in [1.165, 1.54) is 24.8 Å². The molecule has 6 aliphatic rings. The number of urea groups is 1. The Hall–Kier alpha value is -4.10. The van der Waals surface area contributed by atoms with Gasteiger partial charge in [-0.2, -0.15) is 8.42 Å². The van der Waals surface area contributed by atoms with Gasteiger partial charge in [0.15, 0.2) is 0 Å². The molecule has 1 aromatic carbocycles. The van der Waals surface area contributed by atoms with Crippen LogP contribution >= 0.6 is 0 Å². The lowest BCUT2D eigenvalue weighted by atomic mass is 9.76. The Morgan fingerprint density at radius 3 is 2.35 bits per heavy atom. The van der Waals surface area contributed by atoms with E-state index in [0.717, 1.165) is 51.9 Å². The number of rotatable bonds is 5. The van der Waals surface area contributed by atoms with Crippen LogP contribution < -0.4 is 14.6 Å². The van der Waals surface area contributed by atoms with Crippen LogP contribution in [0.5, 0.6) is 5.75 Å². The molecule has 4 heterocycles. The summed E-state index contributed by atoms with van der Waals surface area (Å²) in [5, 5.41) is 6.22. The first kappa shape index (κ1) is 32.1. The molecule has 2 saturated heterocycles. The molecule has 4 atom stereocenters. The lowest BCUT2D eigenvalue weighted by Gasteiger charge is -2.34. The fraction of sp³-hybridized carbons (Fsp3) is 0.528.